The number of carbonyl (C=O) groups excluding carboxylic acids is 2. The molecule has 1 saturated carbocycles. The second kappa shape index (κ2) is 7.99. The molecule has 2 aromatic heterocycles. The van der Waals surface area contributed by atoms with Gasteiger partial charge in [-0.3, -0.25) is 19.6 Å². The minimum Gasteiger partial charge on any atom is -0.349 e. The lowest BCUT2D eigenvalue weighted by Crippen LogP contribution is -2.42. The zero-order chi connectivity index (χ0) is 21.5. The maximum atomic E-state index is 13.0. The highest BCUT2D eigenvalue weighted by Crippen LogP contribution is 2.41. The fourth-order valence-corrected chi connectivity index (χ4v) is 4.73. The van der Waals surface area contributed by atoms with Crippen molar-refractivity contribution in [2.24, 2.45) is 5.92 Å². The van der Waals surface area contributed by atoms with E-state index in [1.54, 1.807) is 18.5 Å². The lowest BCUT2D eigenvalue weighted by molar-refractivity contribution is -0.122. The lowest BCUT2D eigenvalue weighted by atomic mass is 9.85. The Labute approximate surface area is 182 Å². The average molecular weight is 427 g/mol. The van der Waals surface area contributed by atoms with Gasteiger partial charge in [0.05, 0.1) is 33.1 Å². The molecule has 2 amide bonds. The molecule has 2 aliphatic rings. The number of amides is 2. The van der Waals surface area contributed by atoms with E-state index in [1.807, 2.05) is 37.8 Å². The number of carbonyl (C=O) groups is 2. The van der Waals surface area contributed by atoms with Gasteiger partial charge in [-0.15, -0.1) is 0 Å². The Kier molecular flexibility index (Phi) is 5.53. The Balaban J connectivity index is 1.36. The van der Waals surface area contributed by atoms with Gasteiger partial charge in [0.2, 0.25) is 5.91 Å². The van der Waals surface area contributed by atoms with Crippen LogP contribution in [0.1, 0.15) is 61.3 Å². The average Bonchev–Trinajstić information content (AvgIpc) is 2.92. The number of aryl methyl sites for hydroxylation is 1. The van der Waals surface area contributed by atoms with E-state index in [2.05, 4.69) is 15.3 Å². The zero-order valence-electron chi connectivity index (χ0n) is 17.6. The Hall–Kier alpha value is -2.47. The molecule has 0 aromatic carbocycles. The third-order valence-corrected chi connectivity index (χ3v) is 6.58. The van der Waals surface area contributed by atoms with Crippen molar-refractivity contribution in [3.05, 3.63) is 52.6 Å². The molecule has 0 bridgehead atoms. The first kappa shape index (κ1) is 20.8. The second-order valence-electron chi connectivity index (χ2n) is 8.89. The van der Waals surface area contributed by atoms with Crippen molar-refractivity contribution in [1.29, 1.82) is 0 Å². The standard InChI is InChI=1S/C23H27ClN4O2/c1-14-18(11-16(24)12-26-14)21(29)27-17-8-6-15(7-9-17)13-28-19-5-4-10-25-20(19)23(2,3)22(28)30/h4-5,10-12,15,17H,6-9,13H2,1-3H3,(H,27,29)/t15-,17-. The molecule has 0 unspecified atom stereocenters. The third kappa shape index (κ3) is 3.81. The number of fused-ring (bicyclic) bond motifs is 1. The lowest BCUT2D eigenvalue weighted by Gasteiger charge is -2.32. The summed E-state index contributed by atoms with van der Waals surface area (Å²) in [5.74, 6) is 0.414. The first-order valence-corrected chi connectivity index (χ1v) is 10.9. The van der Waals surface area contributed by atoms with Crippen LogP contribution in [0.15, 0.2) is 30.6 Å². The summed E-state index contributed by atoms with van der Waals surface area (Å²) in [6.07, 6.45) is 7.04. The number of nitrogens with one attached hydrogen (secondary N) is 1. The minimum absolute atomic E-state index is 0.121. The Morgan fingerprint density at radius 1 is 1.27 bits per heavy atom. The van der Waals surface area contributed by atoms with E-state index in [0.29, 0.717) is 28.7 Å². The van der Waals surface area contributed by atoms with E-state index in [0.717, 1.165) is 37.1 Å². The molecule has 0 radical (unpaired) electrons. The molecule has 3 heterocycles. The minimum atomic E-state index is -0.579. The summed E-state index contributed by atoms with van der Waals surface area (Å²) in [5, 5.41) is 3.59. The summed E-state index contributed by atoms with van der Waals surface area (Å²) in [7, 11) is 0. The molecule has 1 fully saturated rings. The predicted octanol–water partition coefficient (Wildman–Crippen LogP) is 4.05. The van der Waals surface area contributed by atoms with Crippen LogP contribution in [0.2, 0.25) is 5.02 Å². The van der Waals surface area contributed by atoms with Crippen LogP contribution in [0.25, 0.3) is 0 Å². The number of hydrogen-bond donors (Lipinski definition) is 1. The molecule has 30 heavy (non-hydrogen) atoms. The van der Waals surface area contributed by atoms with Gasteiger partial charge in [-0.05, 0) is 70.6 Å². The fourth-order valence-electron chi connectivity index (χ4n) is 4.57. The van der Waals surface area contributed by atoms with E-state index >= 15 is 0 Å². The van der Waals surface area contributed by atoms with Crippen molar-refractivity contribution in [3.63, 3.8) is 0 Å². The second-order valence-corrected chi connectivity index (χ2v) is 9.33. The highest BCUT2D eigenvalue weighted by atomic mass is 35.5. The Bertz CT molecular complexity index is 983. The van der Waals surface area contributed by atoms with E-state index in [9.17, 15) is 9.59 Å². The molecule has 0 atom stereocenters. The molecular formula is C23H27ClN4O2. The molecule has 7 heteroatoms. The van der Waals surface area contributed by atoms with Gasteiger partial charge in [0.15, 0.2) is 0 Å². The number of aromatic nitrogens is 2. The summed E-state index contributed by atoms with van der Waals surface area (Å²) < 4.78 is 0. The van der Waals surface area contributed by atoms with Crippen molar-refractivity contribution >= 4 is 29.1 Å². The predicted molar refractivity (Wildman–Crippen MR) is 117 cm³/mol. The van der Waals surface area contributed by atoms with Crippen LogP contribution in [0, 0.1) is 12.8 Å². The number of hydrogen-bond acceptors (Lipinski definition) is 4. The van der Waals surface area contributed by atoms with Gasteiger partial charge in [-0.1, -0.05) is 11.6 Å². The monoisotopic (exact) mass is 426 g/mol. The topological polar surface area (TPSA) is 75.2 Å². The van der Waals surface area contributed by atoms with Crippen molar-refractivity contribution in [2.75, 3.05) is 11.4 Å². The molecule has 1 N–H and O–H groups in total. The quantitative estimate of drug-likeness (QED) is 0.800. The van der Waals surface area contributed by atoms with Crippen LogP contribution in [-0.4, -0.2) is 34.4 Å². The van der Waals surface area contributed by atoms with Crippen molar-refractivity contribution in [2.45, 2.75) is 57.9 Å². The first-order chi connectivity index (χ1) is 14.3. The maximum Gasteiger partial charge on any atom is 0.253 e. The molecule has 4 rings (SSSR count). The van der Waals surface area contributed by atoms with Crippen LogP contribution < -0.4 is 10.2 Å². The summed E-state index contributed by atoms with van der Waals surface area (Å²) in [6, 6.07) is 5.67. The number of pyridine rings is 2. The highest BCUT2D eigenvalue weighted by molar-refractivity contribution is 6.30. The van der Waals surface area contributed by atoms with Gasteiger partial charge in [-0.25, -0.2) is 0 Å². The van der Waals surface area contributed by atoms with Gasteiger partial charge in [0.1, 0.15) is 0 Å². The normalized spacial score (nSPS) is 22.7. The molecule has 2 aromatic rings. The Morgan fingerprint density at radius 2 is 2.00 bits per heavy atom. The zero-order valence-corrected chi connectivity index (χ0v) is 18.4. The van der Waals surface area contributed by atoms with E-state index in [4.69, 9.17) is 11.6 Å². The molecule has 0 spiro atoms. The number of halogens is 1. The number of anilines is 1. The SMILES string of the molecule is Cc1ncc(Cl)cc1C(=O)N[C@H]1CC[C@H](CN2C(=O)C(C)(C)c3ncccc32)CC1. The van der Waals surface area contributed by atoms with Gasteiger partial charge >= 0.3 is 0 Å². The van der Waals surface area contributed by atoms with Crippen LogP contribution in [0.5, 0.6) is 0 Å². The summed E-state index contributed by atoms with van der Waals surface area (Å²) in [6.45, 7) is 6.41. The van der Waals surface area contributed by atoms with Gasteiger partial charge < -0.3 is 10.2 Å². The molecule has 158 valence electrons. The van der Waals surface area contributed by atoms with Crippen molar-refractivity contribution < 1.29 is 9.59 Å². The molecule has 6 nitrogen and oxygen atoms in total. The van der Waals surface area contributed by atoms with E-state index < -0.39 is 5.41 Å². The molecule has 1 aliphatic heterocycles. The smallest absolute Gasteiger partial charge is 0.253 e. The highest BCUT2D eigenvalue weighted by Gasteiger charge is 2.45. The molecular weight excluding hydrogens is 400 g/mol. The van der Waals surface area contributed by atoms with E-state index in [-0.39, 0.29) is 17.9 Å². The molecule has 1 aliphatic carbocycles. The largest absolute Gasteiger partial charge is 0.349 e. The maximum absolute atomic E-state index is 13.0. The third-order valence-electron chi connectivity index (χ3n) is 6.37. The number of nitrogens with zero attached hydrogens (tertiary/aromatic N) is 3. The number of rotatable bonds is 4. The van der Waals surface area contributed by atoms with Crippen LogP contribution in [0.3, 0.4) is 0 Å². The van der Waals surface area contributed by atoms with Crippen molar-refractivity contribution in [3.8, 4) is 0 Å². The summed E-state index contributed by atoms with van der Waals surface area (Å²) in [4.78, 5) is 36.2. The fraction of sp³-hybridized carbons (Fsp3) is 0.478. The van der Waals surface area contributed by atoms with Gasteiger partial charge in [0, 0.05) is 25.0 Å². The van der Waals surface area contributed by atoms with Gasteiger partial charge in [0.25, 0.3) is 5.91 Å². The van der Waals surface area contributed by atoms with Crippen LogP contribution in [0.4, 0.5) is 5.69 Å². The van der Waals surface area contributed by atoms with Crippen LogP contribution in [-0.2, 0) is 10.2 Å². The van der Waals surface area contributed by atoms with Gasteiger partial charge in [-0.2, -0.15) is 0 Å². The summed E-state index contributed by atoms with van der Waals surface area (Å²) >= 11 is 5.99. The van der Waals surface area contributed by atoms with E-state index in [1.165, 1.54) is 0 Å². The van der Waals surface area contributed by atoms with Crippen molar-refractivity contribution in [1.82, 2.24) is 15.3 Å². The summed E-state index contributed by atoms with van der Waals surface area (Å²) in [5.41, 5.74) is 2.42. The Morgan fingerprint density at radius 3 is 2.73 bits per heavy atom. The first-order valence-electron chi connectivity index (χ1n) is 10.5. The van der Waals surface area contributed by atoms with Crippen LogP contribution >= 0.6 is 11.6 Å². The molecule has 0 saturated heterocycles.